The Morgan fingerprint density at radius 3 is 1.96 bits per heavy atom. The van der Waals surface area contributed by atoms with Crippen LogP contribution < -0.4 is 0 Å². The molecule has 0 bridgehead atoms. The van der Waals surface area contributed by atoms with E-state index in [1.54, 1.807) is 30.3 Å². The van der Waals surface area contributed by atoms with Gasteiger partial charge in [0.2, 0.25) is 5.95 Å². The number of rotatable bonds is 3. The number of benzene rings is 6. The minimum absolute atomic E-state index is 0.0130. The summed E-state index contributed by atoms with van der Waals surface area (Å²) in [7, 11) is 0. The largest absolute Gasteiger partial charge is 0.278 e. The number of thiophene rings is 2. The Kier molecular flexibility index (Phi) is 2.90. The van der Waals surface area contributed by atoms with Crippen molar-refractivity contribution in [3.8, 4) is 28.7 Å². The third kappa shape index (κ3) is 3.67. The maximum atomic E-state index is 9.52. The van der Waals surface area contributed by atoms with Gasteiger partial charge in [0, 0.05) is 62.2 Å². The summed E-state index contributed by atoms with van der Waals surface area (Å²) in [6, 6.07) is -0.290. The zero-order valence-electron chi connectivity index (χ0n) is 39.5. The fourth-order valence-corrected chi connectivity index (χ4v) is 7.73. The highest BCUT2D eigenvalue weighted by Crippen LogP contribution is 2.44. The fourth-order valence-electron chi connectivity index (χ4n) is 5.55. The van der Waals surface area contributed by atoms with Crippen molar-refractivity contribution in [3.63, 3.8) is 0 Å². The minimum Gasteiger partial charge on any atom is -0.278 e. The van der Waals surface area contributed by atoms with Crippen LogP contribution in [0.4, 0.5) is 0 Å². The molecule has 4 nitrogen and oxygen atoms in total. The summed E-state index contributed by atoms with van der Waals surface area (Å²) in [5.74, 6) is -0.667. The summed E-state index contributed by atoms with van der Waals surface area (Å²) in [6.45, 7) is 0. The van der Waals surface area contributed by atoms with Crippen LogP contribution in [-0.2, 0) is 0 Å². The highest BCUT2D eigenvalue weighted by Gasteiger charge is 2.21. The maximum Gasteiger partial charge on any atom is 0.238 e. The summed E-state index contributed by atoms with van der Waals surface area (Å²) >= 11 is 1.75. The van der Waals surface area contributed by atoms with Crippen LogP contribution in [0, 0.1) is 0 Å². The first-order valence-electron chi connectivity index (χ1n) is 22.0. The van der Waals surface area contributed by atoms with Crippen molar-refractivity contribution in [2.24, 2.45) is 0 Å². The van der Waals surface area contributed by atoms with Crippen LogP contribution in [0.2, 0.25) is 0 Å². The Balaban J connectivity index is 1.43. The van der Waals surface area contributed by atoms with E-state index in [4.69, 9.17) is 31.4 Å². The van der Waals surface area contributed by atoms with Crippen molar-refractivity contribution in [1.82, 2.24) is 19.5 Å². The summed E-state index contributed by atoms with van der Waals surface area (Å²) in [5.41, 5.74) is -0.106. The van der Waals surface area contributed by atoms with Crippen LogP contribution in [-0.4, -0.2) is 19.5 Å². The molecule has 0 N–H and O–H groups in total. The van der Waals surface area contributed by atoms with Gasteiger partial charge in [0.15, 0.2) is 11.6 Å². The van der Waals surface area contributed by atoms with Crippen molar-refractivity contribution < 1.29 is 23.3 Å². The number of aromatic nitrogens is 4. The standard InChI is InChI=1S/C39H22N4S2/c1-2-11-23(12-3-1)37-40-38(29-17-10-16-26-24-13-5-8-19-32(24)44-35(26)29)42-39(41-37)43-30-18-7-4-15-28(30)34-31(43)22-21-27-25-14-6-9-20-33(25)45-36(27)34/h1-22H/i4D,5D,6D,7D,8D,9D,10D,13D,14D,15D,16D,17D,18D,19D,20D,21D,22D. The average molecular weight is 628 g/mol. The average Bonchev–Trinajstić information content (AvgIpc) is 3.97. The summed E-state index contributed by atoms with van der Waals surface area (Å²) in [5, 5.41) is -0.168. The number of fused-ring (bicyclic) bond motifs is 10. The van der Waals surface area contributed by atoms with E-state index in [2.05, 4.69) is 0 Å². The third-order valence-corrected chi connectivity index (χ3v) is 9.73. The van der Waals surface area contributed by atoms with Crippen LogP contribution in [0.1, 0.15) is 23.3 Å². The smallest absolute Gasteiger partial charge is 0.238 e. The number of hydrogen-bond acceptors (Lipinski definition) is 5. The molecule has 0 aliphatic carbocycles. The van der Waals surface area contributed by atoms with Gasteiger partial charge in [-0.15, -0.1) is 22.7 Å². The number of para-hydroxylation sites is 1. The lowest BCUT2D eigenvalue weighted by Gasteiger charge is -2.11. The topological polar surface area (TPSA) is 43.6 Å². The first kappa shape index (κ1) is 13.7. The van der Waals surface area contributed by atoms with Gasteiger partial charge in [-0.2, -0.15) is 9.97 Å². The van der Waals surface area contributed by atoms with E-state index in [0.717, 1.165) is 22.7 Å². The van der Waals surface area contributed by atoms with Gasteiger partial charge in [0.25, 0.3) is 0 Å². The molecule has 0 atom stereocenters. The third-order valence-electron chi connectivity index (χ3n) is 7.48. The lowest BCUT2D eigenvalue weighted by molar-refractivity contribution is 0.955. The molecule has 0 aliphatic heterocycles. The zero-order valence-corrected chi connectivity index (χ0v) is 24.1. The molecule has 6 aromatic carbocycles. The highest BCUT2D eigenvalue weighted by molar-refractivity contribution is 7.27. The van der Waals surface area contributed by atoms with Gasteiger partial charge >= 0.3 is 0 Å². The molecule has 6 heteroatoms. The molecule has 0 saturated heterocycles. The Hall–Kier alpha value is -5.43. The molecule has 210 valence electrons. The number of hydrogen-bond donors (Lipinski definition) is 0. The van der Waals surface area contributed by atoms with Gasteiger partial charge in [-0.25, -0.2) is 4.98 Å². The van der Waals surface area contributed by atoms with Gasteiger partial charge in [-0.1, -0.05) is 103 Å². The normalized spacial score (nSPS) is 17.3. The quantitative estimate of drug-likeness (QED) is 0.196. The molecule has 4 heterocycles. The molecular formula is C39H22N4S2. The molecule has 0 unspecified atom stereocenters. The van der Waals surface area contributed by atoms with E-state index < -0.39 is 90.6 Å². The SMILES string of the molecule is [2H]c1c([2H])c([2H])c2c(sc3c(-c4nc(-c5ccccc5)nc(-n5c6c([2H])c([2H])c([2H])c([2H])c6c6c7sc8c([2H])c([2H])c([2H])c([2H])c8c7c([2H])c([2H])c65)n4)c([2H])c([2H])c([2H])c32)c1[2H]. The molecule has 4 aromatic heterocycles. The van der Waals surface area contributed by atoms with Crippen LogP contribution >= 0.6 is 22.7 Å². The summed E-state index contributed by atoms with van der Waals surface area (Å²) < 4.78 is 152. The van der Waals surface area contributed by atoms with E-state index >= 15 is 0 Å². The highest BCUT2D eigenvalue weighted by atomic mass is 32.1. The Morgan fingerprint density at radius 2 is 1.16 bits per heavy atom. The molecular weight excluding hydrogens is 589 g/mol. The lowest BCUT2D eigenvalue weighted by Crippen LogP contribution is -2.06. The molecule has 0 fully saturated rings. The molecule has 10 rings (SSSR count). The molecule has 0 spiro atoms. The molecule has 0 aliphatic rings. The van der Waals surface area contributed by atoms with Gasteiger partial charge < -0.3 is 0 Å². The lowest BCUT2D eigenvalue weighted by atomic mass is 10.1. The van der Waals surface area contributed by atoms with Crippen LogP contribution in [0.3, 0.4) is 0 Å². The molecule has 0 saturated carbocycles. The van der Waals surface area contributed by atoms with E-state index in [9.17, 15) is 6.85 Å². The second kappa shape index (κ2) is 9.53. The minimum atomic E-state index is -0.654. The second-order valence-electron chi connectivity index (χ2n) is 9.95. The van der Waals surface area contributed by atoms with E-state index in [1.807, 2.05) is 0 Å². The first-order chi connectivity index (χ1) is 29.4. The Labute approximate surface area is 289 Å². The van der Waals surface area contributed by atoms with E-state index in [0.29, 0.717) is 5.56 Å². The zero-order chi connectivity index (χ0) is 44.3. The van der Waals surface area contributed by atoms with Gasteiger partial charge in [-0.05, 0) is 30.2 Å². The fraction of sp³-hybridized carbons (Fsp3) is 0. The van der Waals surface area contributed by atoms with Crippen molar-refractivity contribution in [3.05, 3.63) is 133 Å². The van der Waals surface area contributed by atoms with Crippen molar-refractivity contribution >= 4 is 84.8 Å². The van der Waals surface area contributed by atoms with Crippen molar-refractivity contribution in [2.75, 3.05) is 0 Å². The van der Waals surface area contributed by atoms with Crippen molar-refractivity contribution in [1.29, 1.82) is 0 Å². The van der Waals surface area contributed by atoms with E-state index in [-0.39, 0.29) is 97.4 Å². The van der Waals surface area contributed by atoms with Crippen LogP contribution in [0.25, 0.3) is 90.9 Å². The Morgan fingerprint density at radius 1 is 0.511 bits per heavy atom. The molecule has 10 aromatic rings. The van der Waals surface area contributed by atoms with Gasteiger partial charge in [0.1, 0.15) is 0 Å². The second-order valence-corrected chi connectivity index (χ2v) is 12.0. The maximum absolute atomic E-state index is 9.52. The molecule has 45 heavy (non-hydrogen) atoms. The molecule has 0 radical (unpaired) electrons. The van der Waals surface area contributed by atoms with Crippen LogP contribution in [0.15, 0.2) is 133 Å². The predicted octanol–water partition coefficient (Wildman–Crippen LogP) is 11.0. The van der Waals surface area contributed by atoms with Crippen LogP contribution in [0.5, 0.6) is 0 Å². The van der Waals surface area contributed by atoms with Gasteiger partial charge in [0.05, 0.1) is 34.3 Å². The number of nitrogens with zero attached hydrogens (tertiary/aromatic N) is 4. The predicted molar refractivity (Wildman–Crippen MR) is 191 cm³/mol. The first-order valence-corrected chi connectivity index (χ1v) is 15.1. The summed E-state index contributed by atoms with van der Waals surface area (Å²) in [4.78, 5) is 14.3. The van der Waals surface area contributed by atoms with Gasteiger partial charge in [-0.3, -0.25) is 4.57 Å². The van der Waals surface area contributed by atoms with E-state index in [1.165, 1.54) is 4.57 Å². The van der Waals surface area contributed by atoms with Crippen molar-refractivity contribution in [2.45, 2.75) is 0 Å². The molecule has 0 amide bonds. The monoisotopic (exact) mass is 627 g/mol. The Bertz CT molecular complexity index is 3730. The summed E-state index contributed by atoms with van der Waals surface area (Å²) in [6.07, 6.45) is 0.